The van der Waals surface area contributed by atoms with Crippen molar-refractivity contribution in [3.63, 3.8) is 0 Å². The third kappa shape index (κ3) is 5.09. The van der Waals surface area contributed by atoms with Crippen LogP contribution in [0.5, 0.6) is 5.75 Å². The molecule has 2 aromatic carbocycles. The fourth-order valence-electron chi connectivity index (χ4n) is 2.26. The van der Waals surface area contributed by atoms with E-state index in [1.165, 1.54) is 12.1 Å². The van der Waals surface area contributed by atoms with E-state index in [4.69, 9.17) is 4.74 Å². The molecule has 24 heavy (non-hydrogen) atoms. The molecule has 1 amide bonds. The van der Waals surface area contributed by atoms with Crippen molar-refractivity contribution in [2.75, 3.05) is 18.2 Å². The highest BCUT2D eigenvalue weighted by molar-refractivity contribution is 7.90. The zero-order valence-corrected chi connectivity index (χ0v) is 14.6. The van der Waals surface area contributed by atoms with E-state index in [-0.39, 0.29) is 10.8 Å². The Morgan fingerprint density at radius 1 is 1.08 bits per heavy atom. The first-order valence-corrected chi connectivity index (χ1v) is 9.60. The number of carbonyl (C=O) groups excluding carboxylic acids is 1. The predicted octanol–water partition coefficient (Wildman–Crippen LogP) is 3.06. The van der Waals surface area contributed by atoms with Crippen LogP contribution in [0, 0.1) is 0 Å². The number of rotatable bonds is 7. The Morgan fingerprint density at radius 3 is 2.38 bits per heavy atom. The van der Waals surface area contributed by atoms with Gasteiger partial charge in [-0.05, 0) is 49.2 Å². The third-order valence-corrected chi connectivity index (χ3v) is 4.59. The average molecular weight is 347 g/mol. The van der Waals surface area contributed by atoms with E-state index in [2.05, 4.69) is 5.32 Å². The second kappa shape index (κ2) is 7.97. The molecule has 0 bridgehead atoms. The second-order valence-corrected chi connectivity index (χ2v) is 7.40. The van der Waals surface area contributed by atoms with Gasteiger partial charge in [0.1, 0.15) is 5.75 Å². The van der Waals surface area contributed by atoms with Gasteiger partial charge in [-0.1, -0.05) is 18.2 Å². The van der Waals surface area contributed by atoms with E-state index in [9.17, 15) is 13.2 Å². The molecule has 0 saturated heterocycles. The quantitative estimate of drug-likeness (QED) is 0.835. The van der Waals surface area contributed by atoms with Crippen molar-refractivity contribution in [2.45, 2.75) is 24.7 Å². The first-order chi connectivity index (χ1) is 11.4. The highest BCUT2D eigenvalue weighted by atomic mass is 32.2. The second-order valence-electron chi connectivity index (χ2n) is 5.39. The number of ether oxygens (including phenoxy) is 1. The molecule has 2 aromatic rings. The van der Waals surface area contributed by atoms with Gasteiger partial charge in [-0.3, -0.25) is 4.79 Å². The van der Waals surface area contributed by atoms with Gasteiger partial charge in [0, 0.05) is 18.4 Å². The lowest BCUT2D eigenvalue weighted by Gasteiger charge is -2.10. The number of nitrogens with one attached hydrogen (secondary N) is 1. The highest BCUT2D eigenvalue weighted by Gasteiger charge is 2.09. The van der Waals surface area contributed by atoms with Gasteiger partial charge in [0.15, 0.2) is 9.84 Å². The van der Waals surface area contributed by atoms with Crippen molar-refractivity contribution in [3.05, 3.63) is 54.1 Å². The van der Waals surface area contributed by atoms with Gasteiger partial charge >= 0.3 is 0 Å². The van der Waals surface area contributed by atoms with Gasteiger partial charge in [0.25, 0.3) is 0 Å². The standard InChI is InChI=1S/C18H21NO4S/c1-3-23-17-7-5-4-6-14(17)8-13-18(20)19-15-9-11-16(12-10-15)24(2,21)22/h4-7,9-12H,3,8,13H2,1-2H3,(H,19,20). The van der Waals surface area contributed by atoms with Crippen LogP contribution < -0.4 is 10.1 Å². The minimum absolute atomic E-state index is 0.131. The van der Waals surface area contributed by atoms with Crippen molar-refractivity contribution >= 4 is 21.4 Å². The Kier molecular flexibility index (Phi) is 5.98. The number of hydrogen-bond acceptors (Lipinski definition) is 4. The average Bonchev–Trinajstić information content (AvgIpc) is 2.54. The summed E-state index contributed by atoms with van der Waals surface area (Å²) in [7, 11) is -3.23. The molecular weight excluding hydrogens is 326 g/mol. The molecule has 128 valence electrons. The van der Waals surface area contributed by atoms with Gasteiger partial charge in [-0.15, -0.1) is 0 Å². The number of para-hydroxylation sites is 1. The molecule has 2 rings (SSSR count). The van der Waals surface area contributed by atoms with Crippen LogP contribution in [-0.4, -0.2) is 27.2 Å². The number of carbonyl (C=O) groups is 1. The summed E-state index contributed by atoms with van der Waals surface area (Å²) >= 11 is 0. The maximum Gasteiger partial charge on any atom is 0.224 e. The Labute approximate surface area is 142 Å². The summed E-state index contributed by atoms with van der Waals surface area (Å²) in [5, 5.41) is 2.77. The number of anilines is 1. The summed E-state index contributed by atoms with van der Waals surface area (Å²) in [5.74, 6) is 0.665. The van der Waals surface area contributed by atoms with E-state index in [0.29, 0.717) is 25.1 Å². The lowest BCUT2D eigenvalue weighted by atomic mass is 10.1. The van der Waals surface area contributed by atoms with Gasteiger partial charge in [0.2, 0.25) is 5.91 Å². The lowest BCUT2D eigenvalue weighted by molar-refractivity contribution is -0.116. The molecular formula is C18H21NO4S. The summed E-state index contributed by atoms with van der Waals surface area (Å²) in [6.07, 6.45) is 2.04. The molecule has 0 aliphatic rings. The molecule has 1 N–H and O–H groups in total. The molecule has 6 heteroatoms. The zero-order chi connectivity index (χ0) is 17.6. The summed E-state index contributed by atoms with van der Waals surface area (Å²) in [6, 6.07) is 13.8. The maximum absolute atomic E-state index is 12.1. The SMILES string of the molecule is CCOc1ccccc1CCC(=O)Nc1ccc(S(C)(=O)=O)cc1. The molecule has 0 aromatic heterocycles. The van der Waals surface area contributed by atoms with Crippen molar-refractivity contribution in [2.24, 2.45) is 0 Å². The van der Waals surface area contributed by atoms with E-state index < -0.39 is 9.84 Å². The summed E-state index contributed by atoms with van der Waals surface area (Å²) < 4.78 is 28.4. The van der Waals surface area contributed by atoms with E-state index in [1.807, 2.05) is 31.2 Å². The number of aryl methyl sites for hydroxylation is 1. The van der Waals surface area contributed by atoms with E-state index >= 15 is 0 Å². The van der Waals surface area contributed by atoms with Crippen LogP contribution in [0.4, 0.5) is 5.69 Å². The van der Waals surface area contributed by atoms with Crippen LogP contribution >= 0.6 is 0 Å². The Morgan fingerprint density at radius 2 is 1.75 bits per heavy atom. The summed E-state index contributed by atoms with van der Waals surface area (Å²) in [4.78, 5) is 12.3. The molecule has 0 spiro atoms. The maximum atomic E-state index is 12.1. The lowest BCUT2D eigenvalue weighted by Crippen LogP contribution is -2.12. The highest BCUT2D eigenvalue weighted by Crippen LogP contribution is 2.20. The molecule has 0 aliphatic heterocycles. The number of amides is 1. The Bertz CT molecular complexity index is 798. The van der Waals surface area contributed by atoms with Gasteiger partial charge in [0.05, 0.1) is 11.5 Å². The number of benzene rings is 2. The van der Waals surface area contributed by atoms with Gasteiger partial charge < -0.3 is 10.1 Å². The zero-order valence-electron chi connectivity index (χ0n) is 13.8. The molecule has 0 unspecified atom stereocenters. The Balaban J connectivity index is 1.94. The van der Waals surface area contributed by atoms with Crippen LogP contribution in [0.3, 0.4) is 0 Å². The van der Waals surface area contributed by atoms with Crippen molar-refractivity contribution in [1.82, 2.24) is 0 Å². The fourth-order valence-corrected chi connectivity index (χ4v) is 2.89. The van der Waals surface area contributed by atoms with E-state index in [1.54, 1.807) is 12.1 Å². The first-order valence-electron chi connectivity index (χ1n) is 7.71. The van der Waals surface area contributed by atoms with Crippen LogP contribution in [0.2, 0.25) is 0 Å². The van der Waals surface area contributed by atoms with Crippen molar-refractivity contribution in [3.8, 4) is 5.75 Å². The van der Waals surface area contributed by atoms with Crippen molar-refractivity contribution in [1.29, 1.82) is 0 Å². The van der Waals surface area contributed by atoms with Crippen LogP contribution in [0.25, 0.3) is 0 Å². The molecule has 0 fully saturated rings. The molecule has 0 heterocycles. The first kappa shape index (κ1) is 18.0. The third-order valence-electron chi connectivity index (χ3n) is 3.46. The van der Waals surface area contributed by atoms with Crippen LogP contribution in [0.1, 0.15) is 18.9 Å². The van der Waals surface area contributed by atoms with Crippen LogP contribution in [0.15, 0.2) is 53.4 Å². The topological polar surface area (TPSA) is 72.5 Å². The smallest absolute Gasteiger partial charge is 0.224 e. The molecule has 0 aliphatic carbocycles. The minimum Gasteiger partial charge on any atom is -0.494 e. The molecule has 0 saturated carbocycles. The number of sulfone groups is 1. The van der Waals surface area contributed by atoms with E-state index in [0.717, 1.165) is 17.6 Å². The Hall–Kier alpha value is -2.34. The van der Waals surface area contributed by atoms with Crippen LogP contribution in [-0.2, 0) is 21.1 Å². The minimum atomic E-state index is -3.23. The molecule has 5 nitrogen and oxygen atoms in total. The van der Waals surface area contributed by atoms with Crippen molar-refractivity contribution < 1.29 is 17.9 Å². The largest absolute Gasteiger partial charge is 0.494 e. The molecule has 0 radical (unpaired) electrons. The monoisotopic (exact) mass is 347 g/mol. The summed E-state index contributed by atoms with van der Waals surface area (Å²) in [6.45, 7) is 2.50. The normalized spacial score (nSPS) is 11.1. The van der Waals surface area contributed by atoms with Gasteiger partial charge in [-0.2, -0.15) is 0 Å². The molecule has 0 atom stereocenters. The fraction of sp³-hybridized carbons (Fsp3) is 0.278. The predicted molar refractivity (Wildman–Crippen MR) is 94.1 cm³/mol. The summed E-state index contributed by atoms with van der Waals surface area (Å²) in [5.41, 5.74) is 1.56. The number of hydrogen-bond donors (Lipinski definition) is 1. The van der Waals surface area contributed by atoms with Gasteiger partial charge in [-0.25, -0.2) is 8.42 Å².